The van der Waals surface area contributed by atoms with Crippen LogP contribution in [0.1, 0.15) is 45.0 Å². The number of pyridine rings is 1. The number of aryl methyl sites for hydroxylation is 1. The van der Waals surface area contributed by atoms with Crippen LogP contribution in [-0.2, 0) is 20.8 Å². The molecule has 168 valence electrons. The molecule has 9 heteroatoms. The molecule has 0 radical (unpaired) electrons. The summed E-state index contributed by atoms with van der Waals surface area (Å²) in [6.07, 6.45) is 0. The number of carbonyl (C=O) groups excluding carboxylic acids is 3. The van der Waals surface area contributed by atoms with E-state index in [2.05, 4.69) is 5.32 Å². The minimum atomic E-state index is -0.648. The van der Waals surface area contributed by atoms with Gasteiger partial charge in [0, 0.05) is 11.5 Å². The number of aromatic nitrogens is 1. The average Bonchev–Trinajstić information content (AvgIpc) is 3.07. The van der Waals surface area contributed by atoms with Gasteiger partial charge in [0.2, 0.25) is 5.91 Å². The van der Waals surface area contributed by atoms with Gasteiger partial charge in [0.05, 0.1) is 24.3 Å². The van der Waals surface area contributed by atoms with E-state index in [-0.39, 0.29) is 40.8 Å². The monoisotopic (exact) mass is 456 g/mol. The molecule has 0 unspecified atom stereocenters. The Kier molecular flexibility index (Phi) is 7.09. The Bertz CT molecular complexity index is 1260. The fourth-order valence-electron chi connectivity index (χ4n) is 3.42. The van der Waals surface area contributed by atoms with Crippen molar-refractivity contribution in [2.45, 2.75) is 34.2 Å². The van der Waals surface area contributed by atoms with Gasteiger partial charge in [-0.05, 0) is 44.9 Å². The maximum atomic E-state index is 12.9. The van der Waals surface area contributed by atoms with Crippen molar-refractivity contribution in [1.82, 2.24) is 4.57 Å². The summed E-state index contributed by atoms with van der Waals surface area (Å²) in [5.41, 5.74) is 1.62. The van der Waals surface area contributed by atoms with Gasteiger partial charge in [-0.25, -0.2) is 9.59 Å². The second-order valence-corrected chi connectivity index (χ2v) is 8.04. The quantitative estimate of drug-likeness (QED) is 0.544. The molecule has 32 heavy (non-hydrogen) atoms. The predicted molar refractivity (Wildman–Crippen MR) is 123 cm³/mol. The molecule has 1 amide bonds. The fourth-order valence-corrected chi connectivity index (χ4v) is 4.52. The summed E-state index contributed by atoms with van der Waals surface area (Å²) >= 11 is 0.943. The molecule has 0 aliphatic heterocycles. The Balaban J connectivity index is 1.97. The van der Waals surface area contributed by atoms with Crippen LogP contribution >= 0.6 is 11.3 Å². The van der Waals surface area contributed by atoms with E-state index in [1.165, 1.54) is 10.6 Å². The molecule has 0 bridgehead atoms. The van der Waals surface area contributed by atoms with Crippen LogP contribution in [0, 0.1) is 13.8 Å². The van der Waals surface area contributed by atoms with Gasteiger partial charge in [-0.3, -0.25) is 14.2 Å². The van der Waals surface area contributed by atoms with Gasteiger partial charge >= 0.3 is 11.9 Å². The minimum Gasteiger partial charge on any atom is -0.462 e. The second kappa shape index (κ2) is 9.78. The standard InChI is InChI=1S/C23H24N2O6S/c1-5-30-22(28)19-14(4)20(23(29)31-6-2)32-21(19)24-17(26)12-25-16-10-8-7-9-15(16)13(3)11-18(25)27/h7-11H,5-6,12H2,1-4H3,(H,24,26). The van der Waals surface area contributed by atoms with Gasteiger partial charge in [0.1, 0.15) is 16.4 Å². The topological polar surface area (TPSA) is 104 Å². The molecule has 0 atom stereocenters. The van der Waals surface area contributed by atoms with Crippen molar-refractivity contribution in [2.24, 2.45) is 0 Å². The molecule has 0 fully saturated rings. The summed E-state index contributed by atoms with van der Waals surface area (Å²) in [6.45, 7) is 6.84. The second-order valence-electron chi connectivity index (χ2n) is 7.02. The highest BCUT2D eigenvalue weighted by molar-refractivity contribution is 7.18. The summed E-state index contributed by atoms with van der Waals surface area (Å²) in [7, 11) is 0. The lowest BCUT2D eigenvalue weighted by Gasteiger charge is -2.12. The Morgan fingerprint density at radius 2 is 1.69 bits per heavy atom. The van der Waals surface area contributed by atoms with Gasteiger partial charge in [0.15, 0.2) is 0 Å². The highest BCUT2D eigenvalue weighted by Gasteiger charge is 2.27. The molecule has 3 rings (SSSR count). The molecule has 8 nitrogen and oxygen atoms in total. The number of anilines is 1. The number of thiophene rings is 1. The number of ether oxygens (including phenoxy) is 2. The van der Waals surface area contributed by atoms with Crippen LogP contribution in [0.4, 0.5) is 5.00 Å². The van der Waals surface area contributed by atoms with Crippen LogP contribution < -0.4 is 10.9 Å². The molecular weight excluding hydrogens is 432 g/mol. The summed E-state index contributed by atoms with van der Waals surface area (Å²) in [6, 6.07) is 8.79. The predicted octanol–water partition coefficient (Wildman–Crippen LogP) is 3.67. The maximum Gasteiger partial charge on any atom is 0.348 e. The Hall–Kier alpha value is -3.46. The van der Waals surface area contributed by atoms with Gasteiger partial charge in [-0.1, -0.05) is 18.2 Å². The third kappa shape index (κ3) is 4.57. The van der Waals surface area contributed by atoms with E-state index in [1.807, 2.05) is 19.1 Å². The number of rotatable bonds is 7. The number of amides is 1. The molecule has 0 saturated heterocycles. The first-order valence-electron chi connectivity index (χ1n) is 10.1. The smallest absolute Gasteiger partial charge is 0.348 e. The van der Waals surface area contributed by atoms with Crippen LogP contribution in [-0.4, -0.2) is 35.6 Å². The third-order valence-electron chi connectivity index (χ3n) is 4.87. The molecule has 0 saturated carbocycles. The van der Waals surface area contributed by atoms with Gasteiger partial charge in [-0.15, -0.1) is 11.3 Å². The summed E-state index contributed by atoms with van der Waals surface area (Å²) in [5, 5.41) is 3.72. The SMILES string of the molecule is CCOC(=O)c1sc(NC(=O)Cn2c(=O)cc(C)c3ccccc32)c(C(=O)OCC)c1C. The molecule has 1 aromatic carbocycles. The zero-order chi connectivity index (χ0) is 23.4. The van der Waals surface area contributed by atoms with E-state index in [0.717, 1.165) is 22.3 Å². The number of para-hydroxylation sites is 1. The van der Waals surface area contributed by atoms with Crippen molar-refractivity contribution in [2.75, 3.05) is 18.5 Å². The molecule has 2 heterocycles. The first-order valence-corrected chi connectivity index (χ1v) is 11.0. The first kappa shape index (κ1) is 23.2. The molecule has 2 aromatic heterocycles. The van der Waals surface area contributed by atoms with Crippen molar-refractivity contribution in [1.29, 1.82) is 0 Å². The largest absolute Gasteiger partial charge is 0.462 e. The van der Waals surface area contributed by atoms with Crippen LogP contribution in [0.15, 0.2) is 35.1 Å². The number of hydrogen-bond acceptors (Lipinski definition) is 7. The molecule has 1 N–H and O–H groups in total. The van der Waals surface area contributed by atoms with E-state index in [0.29, 0.717) is 11.1 Å². The number of nitrogens with zero attached hydrogens (tertiary/aromatic N) is 1. The van der Waals surface area contributed by atoms with Crippen molar-refractivity contribution in [3.63, 3.8) is 0 Å². The van der Waals surface area contributed by atoms with Crippen LogP contribution in [0.25, 0.3) is 10.9 Å². The molecule has 0 spiro atoms. The first-order chi connectivity index (χ1) is 15.3. The summed E-state index contributed by atoms with van der Waals surface area (Å²) in [5.74, 6) is -1.74. The van der Waals surface area contributed by atoms with Crippen LogP contribution in [0.2, 0.25) is 0 Å². The summed E-state index contributed by atoms with van der Waals surface area (Å²) in [4.78, 5) is 50.5. The number of hydrogen-bond donors (Lipinski definition) is 1. The van der Waals surface area contributed by atoms with Crippen molar-refractivity contribution in [3.8, 4) is 0 Å². The zero-order valence-electron chi connectivity index (χ0n) is 18.3. The molecule has 3 aromatic rings. The van der Waals surface area contributed by atoms with Crippen LogP contribution in [0.3, 0.4) is 0 Å². The molecule has 0 aliphatic rings. The van der Waals surface area contributed by atoms with E-state index in [9.17, 15) is 19.2 Å². The fraction of sp³-hybridized carbons (Fsp3) is 0.304. The Labute approximate surface area is 188 Å². The number of nitrogens with one attached hydrogen (secondary N) is 1. The van der Waals surface area contributed by atoms with Gasteiger partial charge in [-0.2, -0.15) is 0 Å². The normalized spacial score (nSPS) is 10.8. The lowest BCUT2D eigenvalue weighted by Crippen LogP contribution is -2.28. The molecule has 0 aliphatic carbocycles. The zero-order valence-corrected chi connectivity index (χ0v) is 19.1. The number of fused-ring (bicyclic) bond motifs is 1. The van der Waals surface area contributed by atoms with Crippen molar-refractivity contribution in [3.05, 3.63) is 62.3 Å². The molecular formula is C23H24N2O6S. The van der Waals surface area contributed by atoms with E-state index >= 15 is 0 Å². The maximum absolute atomic E-state index is 12.9. The highest BCUT2D eigenvalue weighted by Crippen LogP contribution is 2.34. The van der Waals surface area contributed by atoms with E-state index in [1.54, 1.807) is 32.9 Å². The van der Waals surface area contributed by atoms with Gasteiger partial charge < -0.3 is 14.8 Å². The summed E-state index contributed by atoms with van der Waals surface area (Å²) < 4.78 is 11.5. The Morgan fingerprint density at radius 3 is 2.38 bits per heavy atom. The van der Waals surface area contributed by atoms with Crippen molar-refractivity contribution < 1.29 is 23.9 Å². The number of benzene rings is 1. The van der Waals surface area contributed by atoms with Crippen LogP contribution in [0.5, 0.6) is 0 Å². The number of esters is 2. The van der Waals surface area contributed by atoms with E-state index < -0.39 is 17.8 Å². The average molecular weight is 457 g/mol. The van der Waals surface area contributed by atoms with Crippen molar-refractivity contribution >= 4 is 45.1 Å². The Morgan fingerprint density at radius 1 is 1.03 bits per heavy atom. The van der Waals surface area contributed by atoms with E-state index in [4.69, 9.17) is 9.47 Å². The minimum absolute atomic E-state index is 0.106. The number of carbonyl (C=O) groups is 3. The third-order valence-corrected chi connectivity index (χ3v) is 6.05. The lowest BCUT2D eigenvalue weighted by atomic mass is 10.1. The lowest BCUT2D eigenvalue weighted by molar-refractivity contribution is -0.116. The highest BCUT2D eigenvalue weighted by atomic mass is 32.1. The van der Waals surface area contributed by atoms with Gasteiger partial charge in [0.25, 0.3) is 5.56 Å².